The van der Waals surface area contributed by atoms with Crippen molar-refractivity contribution in [1.29, 1.82) is 0 Å². The van der Waals surface area contributed by atoms with Crippen molar-refractivity contribution in [2.45, 2.75) is 138 Å². The quantitative estimate of drug-likeness (QED) is 0.305. The van der Waals surface area contributed by atoms with Gasteiger partial charge in [0.2, 0.25) is 0 Å². The maximum Gasteiger partial charge on any atom is 0.270 e. The Labute approximate surface area is 214 Å². The first-order valence-corrected chi connectivity index (χ1v) is 17.7. The van der Waals surface area contributed by atoms with Crippen LogP contribution in [0.1, 0.15) is 122 Å². The lowest BCUT2D eigenvalue weighted by molar-refractivity contribution is 0.196. The fraction of sp³-hybridized carbons (Fsp3) is 1.00. The summed E-state index contributed by atoms with van der Waals surface area (Å²) in [5.74, 6) is 3.41. The SMILES string of the molecule is CC.CC.CC.CC.CC.CC.O=S1(=O)CC2CC3CC2C1C3.O=S1(=O)OC2CC3CC2C1C3. The van der Waals surface area contributed by atoms with Gasteiger partial charge < -0.3 is 0 Å². The van der Waals surface area contributed by atoms with Crippen molar-refractivity contribution in [3.63, 3.8) is 0 Å². The van der Waals surface area contributed by atoms with E-state index in [2.05, 4.69) is 0 Å². The minimum Gasteiger partial charge on any atom is -0.266 e. The van der Waals surface area contributed by atoms with Crippen LogP contribution in [0, 0.1) is 29.6 Å². The zero-order valence-corrected chi connectivity index (χ0v) is 26.1. The molecule has 2 heterocycles. The molecule has 6 aliphatic rings. The van der Waals surface area contributed by atoms with Crippen molar-refractivity contribution >= 4 is 20.0 Å². The van der Waals surface area contributed by atoms with E-state index in [1.54, 1.807) is 0 Å². The van der Waals surface area contributed by atoms with Crippen LogP contribution < -0.4 is 0 Å². The van der Waals surface area contributed by atoms with Crippen LogP contribution in [0.25, 0.3) is 0 Å². The highest BCUT2D eigenvalue weighted by molar-refractivity contribution is 7.92. The summed E-state index contributed by atoms with van der Waals surface area (Å²) in [6.45, 7) is 24.0. The number of fused-ring (bicyclic) bond motifs is 2. The Morgan fingerprint density at radius 1 is 0.529 bits per heavy atom. The molecule has 0 amide bonds. The van der Waals surface area contributed by atoms with Crippen LogP contribution >= 0.6 is 0 Å². The van der Waals surface area contributed by atoms with E-state index in [1.165, 1.54) is 12.8 Å². The molecule has 7 heteroatoms. The normalized spacial score (nSPS) is 38.0. The highest BCUT2D eigenvalue weighted by Gasteiger charge is 2.59. The molecule has 8 unspecified atom stereocenters. The van der Waals surface area contributed by atoms with E-state index < -0.39 is 20.0 Å². The van der Waals surface area contributed by atoms with Gasteiger partial charge in [-0.25, -0.2) is 8.42 Å². The Bertz CT molecular complexity index is 651. The summed E-state index contributed by atoms with van der Waals surface area (Å²) >= 11 is 0. The van der Waals surface area contributed by atoms with Gasteiger partial charge in [0.15, 0.2) is 9.84 Å². The molecule has 2 saturated heterocycles. The van der Waals surface area contributed by atoms with E-state index in [0.717, 1.165) is 31.6 Å². The summed E-state index contributed by atoms with van der Waals surface area (Å²) < 4.78 is 50.5. The van der Waals surface area contributed by atoms with Gasteiger partial charge in [-0.2, -0.15) is 8.42 Å². The first kappa shape index (κ1) is 36.0. The monoisotopic (exact) mass is 526 g/mol. The predicted molar refractivity (Wildman–Crippen MR) is 148 cm³/mol. The molecule has 0 radical (unpaired) electrons. The van der Waals surface area contributed by atoms with Crippen LogP contribution in [0.15, 0.2) is 0 Å². The second-order valence-corrected chi connectivity index (χ2v) is 12.3. The first-order chi connectivity index (χ1) is 16.3. The average molecular weight is 527 g/mol. The molecule has 34 heavy (non-hydrogen) atoms. The molecule has 4 aliphatic carbocycles. The zero-order valence-electron chi connectivity index (χ0n) is 24.4. The standard InChI is InChI=1S/C8H12O2S.C7H10O3S.6C2H6/c9-11(10)4-6-1-5-2-7(6)8(11)3-5;8-11(9)7-3-4-1-5(7)6(2-4)10-11;6*1-2/h5-8H,1-4H2;4-7H,1-3H2;6*1-2H3. The van der Waals surface area contributed by atoms with E-state index in [-0.39, 0.29) is 16.6 Å². The van der Waals surface area contributed by atoms with Crippen molar-refractivity contribution in [3.05, 3.63) is 0 Å². The van der Waals surface area contributed by atoms with Gasteiger partial charge in [0.05, 0.1) is 22.4 Å². The fourth-order valence-electron chi connectivity index (χ4n) is 6.36. The molecule has 2 aliphatic heterocycles. The Kier molecular flexibility index (Phi) is 18.4. The zero-order chi connectivity index (χ0) is 27.3. The van der Waals surface area contributed by atoms with Crippen molar-refractivity contribution in [2.75, 3.05) is 5.75 Å². The molecule has 0 aromatic rings. The molecular weight excluding hydrogens is 468 g/mol. The molecule has 0 N–H and O–H groups in total. The topological polar surface area (TPSA) is 77.5 Å². The molecule has 0 spiro atoms. The van der Waals surface area contributed by atoms with E-state index in [4.69, 9.17) is 4.18 Å². The summed E-state index contributed by atoms with van der Waals surface area (Å²) in [7, 11) is -5.76. The van der Waals surface area contributed by atoms with Crippen molar-refractivity contribution in [2.24, 2.45) is 29.6 Å². The highest BCUT2D eigenvalue weighted by atomic mass is 32.2. The largest absolute Gasteiger partial charge is 0.270 e. The van der Waals surface area contributed by atoms with Gasteiger partial charge in [0.25, 0.3) is 10.1 Å². The van der Waals surface area contributed by atoms with Crippen molar-refractivity contribution in [3.8, 4) is 0 Å². The van der Waals surface area contributed by atoms with E-state index in [0.29, 0.717) is 29.4 Å². The van der Waals surface area contributed by atoms with E-state index in [9.17, 15) is 16.8 Å². The summed E-state index contributed by atoms with van der Waals surface area (Å²) in [6.07, 6.45) is 6.42. The van der Waals surface area contributed by atoms with Crippen LogP contribution in [0.5, 0.6) is 0 Å². The molecule has 4 saturated carbocycles. The van der Waals surface area contributed by atoms with Gasteiger partial charge in [-0.15, -0.1) is 0 Å². The molecule has 0 aromatic carbocycles. The maximum atomic E-state index is 11.5. The minimum atomic E-state index is -3.13. The van der Waals surface area contributed by atoms with Gasteiger partial charge in [0, 0.05) is 5.92 Å². The smallest absolute Gasteiger partial charge is 0.266 e. The first-order valence-electron chi connectivity index (χ1n) is 14.5. The van der Waals surface area contributed by atoms with Crippen LogP contribution in [0.4, 0.5) is 0 Å². The summed E-state index contributed by atoms with van der Waals surface area (Å²) in [5.41, 5.74) is 0. The van der Waals surface area contributed by atoms with Gasteiger partial charge in [-0.3, -0.25) is 4.18 Å². The molecule has 6 fully saturated rings. The molecule has 4 bridgehead atoms. The highest BCUT2D eigenvalue weighted by Crippen LogP contribution is 2.56. The lowest BCUT2D eigenvalue weighted by Crippen LogP contribution is -2.21. The summed E-state index contributed by atoms with van der Waals surface area (Å²) in [5, 5.41) is -0.0440. The Hall–Kier alpha value is -0.140. The van der Waals surface area contributed by atoms with Crippen LogP contribution in [-0.2, 0) is 24.1 Å². The second-order valence-electron chi connectivity index (χ2n) is 8.27. The molecule has 5 nitrogen and oxygen atoms in total. The molecule has 0 aromatic heterocycles. The minimum absolute atomic E-state index is 0.0590. The third-order valence-electron chi connectivity index (χ3n) is 7.12. The molecule has 208 valence electrons. The lowest BCUT2D eigenvalue weighted by Gasteiger charge is -2.14. The molecular formula is C27H58O5S2. The fourth-order valence-corrected chi connectivity index (χ4v) is 11.0. The van der Waals surface area contributed by atoms with Crippen LogP contribution in [-0.4, -0.2) is 39.2 Å². The summed E-state index contributed by atoms with van der Waals surface area (Å²) in [4.78, 5) is 0. The molecule has 8 atom stereocenters. The van der Waals surface area contributed by atoms with Gasteiger partial charge in [-0.05, 0) is 62.2 Å². The number of hydrogen-bond acceptors (Lipinski definition) is 5. The second kappa shape index (κ2) is 17.3. The third-order valence-corrected chi connectivity index (χ3v) is 11.3. The number of rotatable bonds is 0. The Morgan fingerprint density at radius 3 is 1.32 bits per heavy atom. The predicted octanol–water partition coefficient (Wildman–Crippen LogP) is 7.50. The van der Waals surface area contributed by atoms with Crippen LogP contribution in [0.2, 0.25) is 0 Å². The van der Waals surface area contributed by atoms with E-state index >= 15 is 0 Å². The van der Waals surface area contributed by atoms with Gasteiger partial charge in [-0.1, -0.05) is 83.1 Å². The van der Waals surface area contributed by atoms with Crippen LogP contribution in [0.3, 0.4) is 0 Å². The molecule has 6 rings (SSSR count). The maximum absolute atomic E-state index is 11.5. The number of sulfone groups is 1. The van der Waals surface area contributed by atoms with Gasteiger partial charge >= 0.3 is 0 Å². The van der Waals surface area contributed by atoms with Crippen molar-refractivity contribution in [1.82, 2.24) is 0 Å². The van der Waals surface area contributed by atoms with E-state index in [1.807, 2.05) is 83.1 Å². The van der Waals surface area contributed by atoms with Gasteiger partial charge in [0.1, 0.15) is 0 Å². The average Bonchev–Trinajstić information content (AvgIpc) is 3.69. The third kappa shape index (κ3) is 7.93. The lowest BCUT2D eigenvalue weighted by atomic mass is 9.91. The summed E-state index contributed by atoms with van der Waals surface area (Å²) in [6, 6.07) is 0. The Balaban J connectivity index is 0. The Morgan fingerprint density at radius 2 is 0.971 bits per heavy atom. The number of hydrogen-bond donors (Lipinski definition) is 0. The van der Waals surface area contributed by atoms with Crippen molar-refractivity contribution < 1.29 is 21.0 Å².